The molecule has 2 aliphatic rings. The molecule has 0 spiro atoms. The van der Waals surface area contributed by atoms with Gasteiger partial charge in [-0.3, -0.25) is 9.69 Å². The average molecular weight is 471 g/mol. The zero-order chi connectivity index (χ0) is 22.9. The number of likely N-dealkylation sites (tertiary alicyclic amines) is 1. The molecule has 0 bridgehead atoms. The predicted molar refractivity (Wildman–Crippen MR) is 132 cm³/mol. The van der Waals surface area contributed by atoms with Gasteiger partial charge in [0.05, 0.1) is 28.0 Å². The van der Waals surface area contributed by atoms with Gasteiger partial charge in [-0.1, -0.05) is 36.4 Å². The first-order valence-corrected chi connectivity index (χ1v) is 12.6. The highest BCUT2D eigenvalue weighted by molar-refractivity contribution is 7.13. The van der Waals surface area contributed by atoms with Crippen LogP contribution in [0.1, 0.15) is 46.8 Å². The van der Waals surface area contributed by atoms with Gasteiger partial charge in [0.1, 0.15) is 0 Å². The van der Waals surface area contributed by atoms with Crippen LogP contribution >= 0.6 is 11.3 Å². The van der Waals surface area contributed by atoms with Crippen LogP contribution in [0, 0.1) is 0 Å². The second-order valence-electron chi connectivity index (χ2n) is 9.03. The van der Waals surface area contributed by atoms with Gasteiger partial charge in [-0.2, -0.15) is 5.10 Å². The number of nitrogens with zero attached hydrogens (tertiary/aromatic N) is 5. The van der Waals surface area contributed by atoms with Crippen LogP contribution in [0.4, 0.5) is 0 Å². The van der Waals surface area contributed by atoms with Crippen LogP contribution in [0.5, 0.6) is 0 Å². The number of carbonyl (C=O) groups is 1. The van der Waals surface area contributed by atoms with Gasteiger partial charge in [0.2, 0.25) is 0 Å². The van der Waals surface area contributed by atoms with E-state index in [9.17, 15) is 4.79 Å². The van der Waals surface area contributed by atoms with Crippen LogP contribution in [-0.2, 0) is 6.54 Å². The van der Waals surface area contributed by atoms with E-state index in [-0.39, 0.29) is 11.9 Å². The topological polar surface area (TPSA) is 75.9 Å². The molecule has 1 aliphatic heterocycles. The fraction of sp³-hybridized carbons (Fsp3) is 0.308. The van der Waals surface area contributed by atoms with Crippen molar-refractivity contribution >= 4 is 17.2 Å². The summed E-state index contributed by atoms with van der Waals surface area (Å²) in [5.41, 5.74) is 3.75. The van der Waals surface area contributed by atoms with Crippen LogP contribution in [-0.4, -0.2) is 49.7 Å². The molecule has 7 nitrogen and oxygen atoms in total. The number of amides is 1. The summed E-state index contributed by atoms with van der Waals surface area (Å²) in [6.45, 7) is 2.76. The number of rotatable bonds is 7. The van der Waals surface area contributed by atoms with Crippen molar-refractivity contribution in [3.63, 3.8) is 0 Å². The predicted octanol–water partition coefficient (Wildman–Crippen LogP) is 4.27. The third-order valence-corrected chi connectivity index (χ3v) is 7.37. The Hall–Kier alpha value is -3.36. The van der Waals surface area contributed by atoms with Crippen molar-refractivity contribution in [2.45, 2.75) is 37.8 Å². The van der Waals surface area contributed by atoms with Gasteiger partial charge < -0.3 is 5.32 Å². The van der Waals surface area contributed by atoms with E-state index < -0.39 is 0 Å². The van der Waals surface area contributed by atoms with Gasteiger partial charge in [0.25, 0.3) is 11.9 Å². The second kappa shape index (κ2) is 9.12. The lowest BCUT2D eigenvalue weighted by Gasteiger charge is -2.17. The quantitative estimate of drug-likeness (QED) is 0.437. The number of carbonyl (C=O) groups excluding carboxylic acids is 1. The van der Waals surface area contributed by atoms with Crippen molar-refractivity contribution in [3.05, 3.63) is 83.1 Å². The van der Waals surface area contributed by atoms with Gasteiger partial charge >= 0.3 is 0 Å². The summed E-state index contributed by atoms with van der Waals surface area (Å²) >= 11 is 1.64. The summed E-state index contributed by atoms with van der Waals surface area (Å²) in [5.74, 6) is 0.797. The minimum atomic E-state index is -0.0471. The molecule has 1 saturated carbocycles. The standard InChI is InChI=1S/C26H26N6OS/c33-25(29-20-11-13-31(17-20)16-18-5-2-1-3-6-18)21-15-28-32(24(21)19-8-9-19)26-27-12-10-22(30-26)23-7-4-14-34-23/h1-7,10,12,14-15,19-20H,8-9,11,13,16-17H2,(H,29,33). The van der Waals surface area contributed by atoms with Crippen LogP contribution in [0.15, 0.2) is 66.3 Å². The number of nitrogens with one attached hydrogen (secondary N) is 1. The lowest BCUT2D eigenvalue weighted by atomic mass is 10.1. The molecule has 4 heterocycles. The highest BCUT2D eigenvalue weighted by Crippen LogP contribution is 2.42. The smallest absolute Gasteiger partial charge is 0.255 e. The van der Waals surface area contributed by atoms with Crippen molar-refractivity contribution in [1.29, 1.82) is 0 Å². The summed E-state index contributed by atoms with van der Waals surface area (Å²) in [6, 6.07) is 16.6. The third kappa shape index (κ3) is 4.38. The summed E-state index contributed by atoms with van der Waals surface area (Å²) in [6.07, 6.45) is 6.52. The Labute approximate surface area is 202 Å². The van der Waals surface area contributed by atoms with Crippen LogP contribution in [0.2, 0.25) is 0 Å². The van der Waals surface area contributed by atoms with E-state index in [0.29, 0.717) is 17.4 Å². The minimum absolute atomic E-state index is 0.0471. The number of aromatic nitrogens is 4. The average Bonchev–Trinajstić information content (AvgIpc) is 3.25. The highest BCUT2D eigenvalue weighted by Gasteiger charge is 2.34. The molecule has 1 N–H and O–H groups in total. The number of hydrogen-bond donors (Lipinski definition) is 1. The summed E-state index contributed by atoms with van der Waals surface area (Å²) < 4.78 is 1.76. The molecule has 3 aromatic heterocycles. The third-order valence-electron chi connectivity index (χ3n) is 6.48. The maximum absolute atomic E-state index is 13.3. The van der Waals surface area contributed by atoms with Crippen LogP contribution in [0.3, 0.4) is 0 Å². The Balaban J connectivity index is 1.19. The molecule has 2 fully saturated rings. The molecule has 4 aromatic rings. The van der Waals surface area contributed by atoms with Crippen molar-refractivity contribution in [1.82, 2.24) is 30.0 Å². The normalized spacial score (nSPS) is 18.3. The zero-order valence-electron chi connectivity index (χ0n) is 18.8. The molecule has 34 heavy (non-hydrogen) atoms. The number of thiophene rings is 1. The largest absolute Gasteiger partial charge is 0.348 e. The van der Waals surface area contributed by atoms with Crippen molar-refractivity contribution in [2.75, 3.05) is 13.1 Å². The van der Waals surface area contributed by atoms with E-state index in [1.165, 1.54) is 5.56 Å². The first-order valence-electron chi connectivity index (χ1n) is 11.8. The Morgan fingerprint density at radius 3 is 2.76 bits per heavy atom. The van der Waals surface area contributed by atoms with Gasteiger partial charge in [0.15, 0.2) is 0 Å². The van der Waals surface area contributed by atoms with Gasteiger partial charge in [-0.05, 0) is 42.3 Å². The lowest BCUT2D eigenvalue weighted by Crippen LogP contribution is -2.37. The molecule has 1 aliphatic carbocycles. The summed E-state index contributed by atoms with van der Waals surface area (Å²) in [5, 5.41) is 9.85. The van der Waals surface area contributed by atoms with Crippen LogP contribution < -0.4 is 5.32 Å². The number of benzene rings is 1. The first kappa shape index (κ1) is 21.2. The molecule has 8 heteroatoms. The highest BCUT2D eigenvalue weighted by atomic mass is 32.1. The van der Waals surface area contributed by atoms with Gasteiger partial charge in [0, 0.05) is 37.8 Å². The van der Waals surface area contributed by atoms with Crippen LogP contribution in [0.25, 0.3) is 16.5 Å². The molecule has 6 rings (SSSR count). The van der Waals surface area contributed by atoms with E-state index in [1.54, 1.807) is 28.4 Å². The second-order valence-corrected chi connectivity index (χ2v) is 9.98. The van der Waals surface area contributed by atoms with Crippen molar-refractivity contribution < 1.29 is 4.79 Å². The minimum Gasteiger partial charge on any atom is -0.348 e. The SMILES string of the molecule is O=C(NC1CCN(Cc2ccccc2)C1)c1cnn(-c2nccc(-c3cccs3)n2)c1C1CC1. The Morgan fingerprint density at radius 2 is 1.97 bits per heavy atom. The molecule has 1 amide bonds. The maximum Gasteiger partial charge on any atom is 0.255 e. The maximum atomic E-state index is 13.3. The van der Waals surface area contributed by atoms with E-state index in [1.807, 2.05) is 29.6 Å². The molecule has 1 unspecified atom stereocenters. The molecule has 1 saturated heterocycles. The van der Waals surface area contributed by atoms with E-state index in [2.05, 4.69) is 44.6 Å². The Morgan fingerprint density at radius 1 is 1.09 bits per heavy atom. The van der Waals surface area contributed by atoms with Crippen molar-refractivity contribution in [3.8, 4) is 16.5 Å². The Bertz CT molecular complexity index is 1280. The summed E-state index contributed by atoms with van der Waals surface area (Å²) in [4.78, 5) is 26.0. The monoisotopic (exact) mass is 470 g/mol. The van der Waals surface area contributed by atoms with E-state index in [0.717, 1.165) is 55.2 Å². The molecular weight excluding hydrogens is 444 g/mol. The van der Waals surface area contributed by atoms with E-state index >= 15 is 0 Å². The molecular formula is C26H26N6OS. The molecule has 1 aromatic carbocycles. The number of hydrogen-bond acceptors (Lipinski definition) is 6. The molecule has 0 radical (unpaired) electrons. The van der Waals surface area contributed by atoms with E-state index in [4.69, 9.17) is 4.98 Å². The molecule has 172 valence electrons. The first-order chi connectivity index (χ1) is 16.7. The Kier molecular flexibility index (Phi) is 5.68. The van der Waals surface area contributed by atoms with Crippen molar-refractivity contribution in [2.24, 2.45) is 0 Å². The van der Waals surface area contributed by atoms with Gasteiger partial charge in [-0.15, -0.1) is 11.3 Å². The fourth-order valence-electron chi connectivity index (χ4n) is 4.65. The summed E-state index contributed by atoms with van der Waals surface area (Å²) in [7, 11) is 0. The lowest BCUT2D eigenvalue weighted by molar-refractivity contribution is 0.0936. The molecule has 1 atom stereocenters. The zero-order valence-corrected chi connectivity index (χ0v) is 19.6. The van der Waals surface area contributed by atoms with Gasteiger partial charge in [-0.25, -0.2) is 14.6 Å². The fourth-order valence-corrected chi connectivity index (χ4v) is 5.35.